The fraction of sp³-hybridized carbons (Fsp3) is 0.769. The summed E-state index contributed by atoms with van der Waals surface area (Å²) in [4.78, 5) is 14.1. The summed E-state index contributed by atoms with van der Waals surface area (Å²) in [5, 5.41) is 28.3. The maximum atomic E-state index is 12.3. The summed E-state index contributed by atoms with van der Waals surface area (Å²) in [5.41, 5.74) is 0. The second-order valence-electron chi connectivity index (χ2n) is 5.80. The smallest absolute Gasteiger partial charge is 0.233 e. The number of carbonyl (C=O) groups excluding carboxylic acids is 1. The molecule has 4 atom stereocenters. The maximum Gasteiger partial charge on any atom is 0.233 e. The minimum atomic E-state index is -0.639. The van der Waals surface area contributed by atoms with Gasteiger partial charge < -0.3 is 15.1 Å². The summed E-state index contributed by atoms with van der Waals surface area (Å²) in [6.07, 6.45) is -0.0865. The number of carbonyl (C=O) groups is 1. The zero-order chi connectivity index (χ0) is 15.0. The lowest BCUT2D eigenvalue weighted by molar-refractivity contribution is -0.127. The number of hydrogen-bond donors (Lipinski definition) is 2. The van der Waals surface area contributed by atoms with Gasteiger partial charge in [-0.15, -0.1) is 10.2 Å². The van der Waals surface area contributed by atoms with E-state index >= 15 is 0 Å². The second kappa shape index (κ2) is 6.20. The van der Waals surface area contributed by atoms with E-state index in [1.54, 1.807) is 0 Å². The first-order chi connectivity index (χ1) is 10.0. The molecule has 1 aromatic heterocycles. The summed E-state index contributed by atoms with van der Waals surface area (Å²) >= 11 is 2.92. The SMILES string of the molecule is Cc1nnc(SCC(=O)N2C[C@H]3C[C@H](O)[C@@H](O)C[C@H]3C2)s1. The quantitative estimate of drug-likeness (QED) is 0.787. The molecule has 1 saturated heterocycles. The minimum absolute atomic E-state index is 0.103. The van der Waals surface area contributed by atoms with Crippen LogP contribution in [0.5, 0.6) is 0 Å². The van der Waals surface area contributed by atoms with Crippen LogP contribution in [-0.4, -0.2) is 62.3 Å². The third-order valence-electron chi connectivity index (χ3n) is 4.29. The van der Waals surface area contributed by atoms with Crippen LogP contribution in [0.4, 0.5) is 0 Å². The minimum Gasteiger partial charge on any atom is -0.390 e. The molecule has 1 aliphatic carbocycles. The van der Waals surface area contributed by atoms with Crippen LogP contribution in [0.1, 0.15) is 17.8 Å². The Kier molecular flexibility index (Phi) is 4.49. The van der Waals surface area contributed by atoms with E-state index in [1.807, 2.05) is 11.8 Å². The number of rotatable bonds is 3. The molecule has 1 aromatic rings. The molecule has 2 heterocycles. The topological polar surface area (TPSA) is 86.6 Å². The number of aliphatic hydroxyl groups excluding tert-OH is 2. The molecule has 1 saturated carbocycles. The van der Waals surface area contributed by atoms with Crippen molar-refractivity contribution in [1.29, 1.82) is 0 Å². The van der Waals surface area contributed by atoms with Gasteiger partial charge in [0.05, 0.1) is 18.0 Å². The predicted octanol–water partition coefficient (Wildman–Crippen LogP) is 0.529. The lowest BCUT2D eigenvalue weighted by Crippen LogP contribution is -2.38. The van der Waals surface area contributed by atoms with Crippen molar-refractivity contribution in [2.75, 3.05) is 18.8 Å². The molecule has 8 heteroatoms. The van der Waals surface area contributed by atoms with Crippen LogP contribution < -0.4 is 0 Å². The van der Waals surface area contributed by atoms with E-state index in [2.05, 4.69) is 10.2 Å². The molecule has 0 bridgehead atoms. The highest BCUT2D eigenvalue weighted by atomic mass is 32.2. The third-order valence-corrected chi connectivity index (χ3v) is 6.25. The van der Waals surface area contributed by atoms with Gasteiger partial charge in [0.2, 0.25) is 5.91 Å². The van der Waals surface area contributed by atoms with E-state index in [1.165, 1.54) is 23.1 Å². The van der Waals surface area contributed by atoms with E-state index < -0.39 is 12.2 Å². The van der Waals surface area contributed by atoms with Gasteiger partial charge >= 0.3 is 0 Å². The summed E-state index contributed by atoms with van der Waals surface area (Å²) in [6.45, 7) is 3.29. The van der Waals surface area contributed by atoms with Crippen LogP contribution in [0.3, 0.4) is 0 Å². The molecular formula is C13H19N3O3S2. The standard InChI is InChI=1S/C13H19N3O3S2/c1-7-14-15-13(21-7)20-6-12(19)16-4-8-2-10(17)11(18)3-9(8)5-16/h8-11,17-18H,2-6H2,1H3/t8-,9+,10-,11-/m0/s1. The van der Waals surface area contributed by atoms with Crippen LogP contribution in [0, 0.1) is 18.8 Å². The monoisotopic (exact) mass is 329 g/mol. The number of likely N-dealkylation sites (tertiary alicyclic amines) is 1. The Morgan fingerprint density at radius 3 is 2.43 bits per heavy atom. The van der Waals surface area contributed by atoms with Gasteiger partial charge in [-0.3, -0.25) is 4.79 Å². The summed E-state index contributed by atoms with van der Waals surface area (Å²) < 4.78 is 0.823. The number of aromatic nitrogens is 2. The predicted molar refractivity (Wildman–Crippen MR) is 80.2 cm³/mol. The fourth-order valence-corrected chi connectivity index (χ4v) is 4.88. The normalized spacial score (nSPS) is 32.2. The Labute approximate surface area is 131 Å². The van der Waals surface area contributed by atoms with Gasteiger partial charge in [0, 0.05) is 13.1 Å². The van der Waals surface area contributed by atoms with E-state index in [-0.39, 0.29) is 5.91 Å². The molecule has 2 N–H and O–H groups in total. The van der Waals surface area contributed by atoms with E-state index in [9.17, 15) is 15.0 Å². The molecule has 0 aromatic carbocycles. The lowest BCUT2D eigenvalue weighted by Gasteiger charge is -2.31. The maximum absolute atomic E-state index is 12.3. The highest BCUT2D eigenvalue weighted by molar-refractivity contribution is 8.01. The van der Waals surface area contributed by atoms with E-state index in [0.717, 1.165) is 9.35 Å². The highest BCUT2D eigenvalue weighted by Crippen LogP contribution is 2.36. The summed E-state index contributed by atoms with van der Waals surface area (Å²) in [6, 6.07) is 0. The first-order valence-electron chi connectivity index (χ1n) is 7.09. The van der Waals surface area contributed by atoms with Crippen LogP contribution in [0.25, 0.3) is 0 Å². The van der Waals surface area contributed by atoms with E-state index in [0.29, 0.717) is 43.5 Å². The molecule has 0 unspecified atom stereocenters. The van der Waals surface area contributed by atoms with Gasteiger partial charge in [0.15, 0.2) is 4.34 Å². The Balaban J connectivity index is 1.52. The molecule has 0 radical (unpaired) electrons. The lowest BCUT2D eigenvalue weighted by atomic mass is 9.79. The Morgan fingerprint density at radius 2 is 1.90 bits per heavy atom. The molecular weight excluding hydrogens is 310 g/mol. The first-order valence-corrected chi connectivity index (χ1v) is 8.90. The molecule has 21 heavy (non-hydrogen) atoms. The third kappa shape index (κ3) is 3.39. The molecule has 0 spiro atoms. The molecule has 6 nitrogen and oxygen atoms in total. The molecule has 3 rings (SSSR count). The van der Waals surface area contributed by atoms with Crippen molar-refractivity contribution in [2.24, 2.45) is 11.8 Å². The van der Waals surface area contributed by atoms with Crippen molar-refractivity contribution in [2.45, 2.75) is 36.3 Å². The zero-order valence-electron chi connectivity index (χ0n) is 11.8. The average molecular weight is 329 g/mol. The Morgan fingerprint density at radius 1 is 1.29 bits per heavy atom. The molecule has 2 fully saturated rings. The van der Waals surface area contributed by atoms with E-state index in [4.69, 9.17) is 0 Å². The number of aryl methyl sites for hydroxylation is 1. The van der Waals surface area contributed by atoms with Gasteiger partial charge in [0.1, 0.15) is 5.01 Å². The second-order valence-corrected chi connectivity index (χ2v) is 8.20. The van der Waals surface area contributed by atoms with Gasteiger partial charge in [0.25, 0.3) is 0 Å². The van der Waals surface area contributed by atoms with Gasteiger partial charge in [-0.25, -0.2) is 0 Å². The number of hydrogen-bond acceptors (Lipinski definition) is 7. The van der Waals surface area contributed by atoms with Crippen molar-refractivity contribution in [3.63, 3.8) is 0 Å². The van der Waals surface area contributed by atoms with Gasteiger partial charge in [-0.1, -0.05) is 23.1 Å². The highest BCUT2D eigenvalue weighted by Gasteiger charge is 2.42. The van der Waals surface area contributed by atoms with Crippen molar-refractivity contribution < 1.29 is 15.0 Å². The fourth-order valence-electron chi connectivity index (χ4n) is 3.16. The van der Waals surface area contributed by atoms with Crippen molar-refractivity contribution in [1.82, 2.24) is 15.1 Å². The molecule has 1 amide bonds. The number of thioether (sulfide) groups is 1. The average Bonchev–Trinajstić information content (AvgIpc) is 3.03. The Hall–Kier alpha value is -0.700. The van der Waals surface area contributed by atoms with Gasteiger partial charge in [-0.2, -0.15) is 0 Å². The Bertz CT molecular complexity index is 507. The molecule has 116 valence electrons. The number of aliphatic hydroxyl groups is 2. The van der Waals surface area contributed by atoms with Crippen molar-refractivity contribution in [3.05, 3.63) is 5.01 Å². The number of amides is 1. The molecule has 2 aliphatic rings. The zero-order valence-corrected chi connectivity index (χ0v) is 13.4. The van der Waals surface area contributed by atoms with Crippen LogP contribution in [0.15, 0.2) is 4.34 Å². The largest absolute Gasteiger partial charge is 0.390 e. The van der Waals surface area contributed by atoms with Crippen LogP contribution in [0.2, 0.25) is 0 Å². The van der Waals surface area contributed by atoms with Gasteiger partial charge in [-0.05, 0) is 31.6 Å². The van der Waals surface area contributed by atoms with Crippen LogP contribution in [-0.2, 0) is 4.79 Å². The van der Waals surface area contributed by atoms with Crippen molar-refractivity contribution in [3.8, 4) is 0 Å². The summed E-state index contributed by atoms with van der Waals surface area (Å²) in [7, 11) is 0. The first kappa shape index (κ1) is 15.2. The number of fused-ring (bicyclic) bond motifs is 1. The van der Waals surface area contributed by atoms with Crippen molar-refractivity contribution >= 4 is 29.0 Å². The van der Waals surface area contributed by atoms with Crippen LogP contribution >= 0.6 is 23.1 Å². The number of nitrogens with zero attached hydrogens (tertiary/aromatic N) is 3. The molecule has 1 aliphatic heterocycles. The summed E-state index contributed by atoms with van der Waals surface area (Å²) in [5.74, 6) is 1.12.